The number of amides is 3. The minimum atomic E-state index is -1.01. The average molecular weight is 581 g/mol. The first-order valence-corrected chi connectivity index (χ1v) is 14.0. The molecule has 11 heteroatoms. The Hall–Kier alpha value is -4.38. The van der Waals surface area contributed by atoms with Crippen LogP contribution in [0, 0.1) is 0 Å². The molecule has 4 bridgehead atoms. The van der Waals surface area contributed by atoms with E-state index in [1.165, 1.54) is 14.0 Å². The number of methoxy groups -OCH3 is 1. The lowest BCUT2D eigenvalue weighted by atomic mass is 10.0. The molecule has 226 valence electrons. The monoisotopic (exact) mass is 580 g/mol. The molecule has 2 aliphatic rings. The summed E-state index contributed by atoms with van der Waals surface area (Å²) >= 11 is 0. The van der Waals surface area contributed by atoms with Gasteiger partial charge in [-0.1, -0.05) is 24.3 Å². The summed E-state index contributed by atoms with van der Waals surface area (Å²) < 4.78 is 16.5. The van der Waals surface area contributed by atoms with Crippen LogP contribution in [-0.4, -0.2) is 68.7 Å². The maximum Gasteiger partial charge on any atom is 0.328 e. The molecule has 2 aromatic rings. The van der Waals surface area contributed by atoms with Crippen molar-refractivity contribution in [1.82, 2.24) is 16.0 Å². The van der Waals surface area contributed by atoms with E-state index >= 15 is 0 Å². The Morgan fingerprint density at radius 3 is 2.31 bits per heavy atom. The van der Waals surface area contributed by atoms with Gasteiger partial charge < -0.3 is 35.9 Å². The normalized spacial score (nSPS) is 20.8. The number of rotatable bonds is 6. The number of unbranched alkanes of at least 4 members (excludes halogenated alkanes) is 1. The fraction of sp³-hybridized carbons (Fsp3) is 0.419. The van der Waals surface area contributed by atoms with Crippen LogP contribution in [0.4, 0.5) is 0 Å². The highest BCUT2D eigenvalue weighted by atomic mass is 16.5. The standard InChI is InChI=1S/C31H40N4O7/c1-21(36)33-27-19-22-11-13-24(14-12-22)41-16-5-6-17-42-25-9-7-8-23(18-25)20-28(31(39)40-2)35-29(37)26(34-30(27)38)10-3-4-15-32/h5-9,11-14,18,26-28H,3-4,10,15-17,19-20,32H2,1-2H3,(H,33,36)(H,34,38)(H,35,37)/b6-5+/t26-,27+,28+/m1/s1. The van der Waals surface area contributed by atoms with Crippen LogP contribution < -0.4 is 31.2 Å². The Balaban J connectivity index is 1.92. The van der Waals surface area contributed by atoms with Gasteiger partial charge in [0.1, 0.15) is 42.8 Å². The van der Waals surface area contributed by atoms with E-state index in [1.54, 1.807) is 30.3 Å². The van der Waals surface area contributed by atoms with E-state index in [0.717, 1.165) is 11.1 Å². The van der Waals surface area contributed by atoms with Crippen LogP contribution in [0.2, 0.25) is 0 Å². The van der Waals surface area contributed by atoms with E-state index < -0.39 is 35.9 Å². The lowest BCUT2D eigenvalue weighted by Crippen LogP contribution is -2.56. The number of carbonyl (C=O) groups is 4. The zero-order chi connectivity index (χ0) is 30.3. The molecule has 0 saturated carbocycles. The van der Waals surface area contributed by atoms with Gasteiger partial charge in [0, 0.05) is 19.8 Å². The molecule has 42 heavy (non-hydrogen) atoms. The second-order valence-corrected chi connectivity index (χ2v) is 9.98. The number of nitrogens with one attached hydrogen (secondary N) is 3. The largest absolute Gasteiger partial charge is 0.490 e. The van der Waals surface area contributed by atoms with E-state index in [-0.39, 0.29) is 18.7 Å². The van der Waals surface area contributed by atoms with Crippen molar-refractivity contribution in [3.8, 4) is 11.5 Å². The molecule has 2 aliphatic heterocycles. The molecule has 2 heterocycles. The van der Waals surface area contributed by atoms with Crippen LogP contribution in [0.3, 0.4) is 0 Å². The van der Waals surface area contributed by atoms with Crippen molar-refractivity contribution in [3.63, 3.8) is 0 Å². The van der Waals surface area contributed by atoms with Crippen LogP contribution in [-0.2, 0) is 36.8 Å². The van der Waals surface area contributed by atoms with Gasteiger partial charge in [-0.3, -0.25) is 14.4 Å². The molecule has 0 fully saturated rings. The van der Waals surface area contributed by atoms with Crippen LogP contribution >= 0.6 is 0 Å². The van der Waals surface area contributed by atoms with Crippen LogP contribution in [0.1, 0.15) is 37.3 Å². The number of carbonyl (C=O) groups excluding carboxylic acids is 4. The highest BCUT2D eigenvalue weighted by molar-refractivity contribution is 5.93. The summed E-state index contributed by atoms with van der Waals surface area (Å²) in [7, 11) is 1.25. The Bertz CT molecular complexity index is 1230. The maximum absolute atomic E-state index is 13.5. The fourth-order valence-electron chi connectivity index (χ4n) is 4.48. The maximum atomic E-state index is 13.5. The van der Waals surface area contributed by atoms with Gasteiger partial charge in [0.2, 0.25) is 17.7 Å². The minimum Gasteiger partial charge on any atom is -0.490 e. The lowest BCUT2D eigenvalue weighted by Gasteiger charge is -2.25. The number of hydrogen-bond donors (Lipinski definition) is 4. The molecular formula is C31H40N4O7. The average Bonchev–Trinajstić information content (AvgIpc) is 2.97. The predicted molar refractivity (Wildman–Crippen MR) is 157 cm³/mol. The van der Waals surface area contributed by atoms with Crippen molar-refractivity contribution in [3.05, 3.63) is 71.8 Å². The molecular weight excluding hydrogens is 540 g/mol. The van der Waals surface area contributed by atoms with Gasteiger partial charge >= 0.3 is 5.97 Å². The van der Waals surface area contributed by atoms with E-state index in [2.05, 4.69) is 16.0 Å². The van der Waals surface area contributed by atoms with Crippen molar-refractivity contribution in [2.24, 2.45) is 5.73 Å². The number of ether oxygens (including phenoxy) is 3. The second-order valence-electron chi connectivity index (χ2n) is 9.98. The first-order chi connectivity index (χ1) is 20.3. The number of benzene rings is 2. The summed E-state index contributed by atoms with van der Waals surface area (Å²) in [6, 6.07) is 11.5. The molecule has 3 atom stereocenters. The van der Waals surface area contributed by atoms with E-state index in [4.69, 9.17) is 19.9 Å². The van der Waals surface area contributed by atoms with Crippen molar-refractivity contribution in [2.75, 3.05) is 26.9 Å². The first kappa shape index (κ1) is 32.1. The number of esters is 1. The Labute approximate surface area is 246 Å². The zero-order valence-electron chi connectivity index (χ0n) is 24.1. The van der Waals surface area contributed by atoms with Gasteiger partial charge in [-0.05, 0) is 73.4 Å². The van der Waals surface area contributed by atoms with E-state index in [1.807, 2.05) is 30.4 Å². The van der Waals surface area contributed by atoms with Crippen LogP contribution in [0.15, 0.2) is 60.7 Å². The Morgan fingerprint density at radius 1 is 0.929 bits per heavy atom. The predicted octanol–water partition coefficient (Wildman–Crippen LogP) is 1.58. The molecule has 0 aliphatic carbocycles. The fourth-order valence-corrected chi connectivity index (χ4v) is 4.48. The quantitative estimate of drug-likeness (QED) is 0.228. The summed E-state index contributed by atoms with van der Waals surface area (Å²) in [5.41, 5.74) is 7.19. The van der Waals surface area contributed by atoms with Gasteiger partial charge in [0.25, 0.3) is 0 Å². The van der Waals surface area contributed by atoms with Crippen molar-refractivity contribution in [1.29, 1.82) is 0 Å². The van der Waals surface area contributed by atoms with Gasteiger partial charge in [-0.15, -0.1) is 0 Å². The molecule has 5 N–H and O–H groups in total. The third-order valence-electron chi connectivity index (χ3n) is 6.64. The molecule has 0 unspecified atom stereocenters. The Kier molecular flexibility index (Phi) is 12.8. The van der Waals surface area contributed by atoms with E-state index in [9.17, 15) is 19.2 Å². The van der Waals surface area contributed by atoms with Crippen molar-refractivity contribution in [2.45, 2.75) is 57.2 Å². The molecule has 3 amide bonds. The lowest BCUT2D eigenvalue weighted by molar-refractivity contribution is -0.145. The van der Waals surface area contributed by atoms with Gasteiger partial charge in [-0.25, -0.2) is 4.79 Å². The third-order valence-corrected chi connectivity index (χ3v) is 6.64. The molecule has 2 aromatic carbocycles. The minimum absolute atomic E-state index is 0.146. The molecule has 0 aromatic heterocycles. The topological polar surface area (TPSA) is 158 Å². The summed E-state index contributed by atoms with van der Waals surface area (Å²) in [5, 5.41) is 8.21. The highest BCUT2D eigenvalue weighted by Crippen LogP contribution is 2.17. The van der Waals surface area contributed by atoms with Crippen LogP contribution in [0.5, 0.6) is 11.5 Å². The smallest absolute Gasteiger partial charge is 0.328 e. The number of hydrogen-bond acceptors (Lipinski definition) is 8. The first-order valence-electron chi connectivity index (χ1n) is 14.0. The van der Waals surface area contributed by atoms with Gasteiger partial charge in [0.15, 0.2) is 0 Å². The molecule has 0 saturated heterocycles. The SMILES string of the molecule is COC(=O)[C@@H]1Cc2cccc(c2)OC/C=C/COc2ccc(cc2)C[C@H](NC(C)=O)C(=O)N[C@H](CCCCN)C(=O)N1. The summed E-state index contributed by atoms with van der Waals surface area (Å²) in [6.45, 7) is 2.41. The molecule has 4 rings (SSSR count). The van der Waals surface area contributed by atoms with Gasteiger partial charge in [-0.2, -0.15) is 0 Å². The van der Waals surface area contributed by atoms with Crippen molar-refractivity contribution < 1.29 is 33.4 Å². The zero-order valence-corrected chi connectivity index (χ0v) is 24.1. The summed E-state index contributed by atoms with van der Waals surface area (Å²) in [5.74, 6) is -0.829. The van der Waals surface area contributed by atoms with E-state index in [0.29, 0.717) is 50.5 Å². The summed E-state index contributed by atoms with van der Waals surface area (Å²) in [6.07, 6.45) is 5.52. The van der Waals surface area contributed by atoms with Crippen LogP contribution in [0.25, 0.3) is 0 Å². The Morgan fingerprint density at radius 2 is 1.64 bits per heavy atom. The highest BCUT2D eigenvalue weighted by Gasteiger charge is 2.30. The van der Waals surface area contributed by atoms with Crippen molar-refractivity contribution >= 4 is 23.7 Å². The molecule has 0 radical (unpaired) electrons. The second kappa shape index (κ2) is 16.8. The van der Waals surface area contributed by atoms with Gasteiger partial charge in [0.05, 0.1) is 7.11 Å². The summed E-state index contributed by atoms with van der Waals surface area (Å²) in [4.78, 5) is 51.5. The number of nitrogens with two attached hydrogens (primary N) is 1. The number of fused-ring (bicyclic) bond motifs is 14. The molecule has 11 nitrogen and oxygen atoms in total. The third kappa shape index (κ3) is 10.5. The molecule has 0 spiro atoms.